The number of nitrogens with zero attached hydrogens (tertiary/aromatic N) is 1. The van der Waals surface area contributed by atoms with E-state index in [4.69, 9.17) is 16.3 Å². The van der Waals surface area contributed by atoms with Crippen LogP contribution in [0.15, 0.2) is 48.2 Å². The molecule has 0 aliphatic heterocycles. The molecule has 0 aliphatic rings. The van der Waals surface area contributed by atoms with Crippen molar-refractivity contribution in [1.82, 2.24) is 5.32 Å². The van der Waals surface area contributed by atoms with Gasteiger partial charge in [-0.25, -0.2) is 0 Å². The third kappa shape index (κ3) is 5.77. The van der Waals surface area contributed by atoms with E-state index >= 15 is 0 Å². The predicted octanol–water partition coefficient (Wildman–Crippen LogP) is 4.14. The van der Waals surface area contributed by atoms with Gasteiger partial charge in [-0.1, -0.05) is 29.8 Å². The lowest BCUT2D eigenvalue weighted by atomic mass is 10.1. The molecule has 0 heterocycles. The van der Waals surface area contributed by atoms with Crippen LogP contribution in [-0.2, 0) is 11.2 Å². The van der Waals surface area contributed by atoms with Gasteiger partial charge >= 0.3 is 0 Å². The quantitative estimate of drug-likeness (QED) is 0.556. The zero-order valence-corrected chi connectivity index (χ0v) is 16.4. The largest absolute Gasteiger partial charge is 0.497 e. The summed E-state index contributed by atoms with van der Waals surface area (Å²) in [6.45, 7) is 4.29. The van der Waals surface area contributed by atoms with Crippen LogP contribution >= 0.6 is 11.6 Å². The van der Waals surface area contributed by atoms with Gasteiger partial charge in [0.15, 0.2) is 0 Å². The van der Waals surface area contributed by atoms with Crippen molar-refractivity contribution in [3.05, 3.63) is 69.9 Å². The van der Waals surface area contributed by atoms with E-state index in [0.717, 1.165) is 22.4 Å². The zero-order chi connectivity index (χ0) is 19.8. The summed E-state index contributed by atoms with van der Waals surface area (Å²) in [5, 5.41) is 15.5. The maximum Gasteiger partial charge on any atom is 0.263 e. The van der Waals surface area contributed by atoms with Gasteiger partial charge in [0.05, 0.1) is 17.8 Å². The zero-order valence-electron chi connectivity index (χ0n) is 15.6. The number of benzene rings is 2. The average molecular weight is 384 g/mol. The SMILES string of the molecule is COc1ccc(CCNC(=O)/C(C#N)=C\Nc2c(C)cc(C)cc2Cl)cc1. The Labute approximate surface area is 164 Å². The van der Waals surface area contributed by atoms with Gasteiger partial charge in [0.25, 0.3) is 5.91 Å². The topological polar surface area (TPSA) is 74.1 Å². The number of aryl methyl sites for hydroxylation is 2. The number of anilines is 1. The van der Waals surface area contributed by atoms with E-state index in [1.807, 2.05) is 56.3 Å². The second-order valence-corrected chi connectivity index (χ2v) is 6.51. The van der Waals surface area contributed by atoms with Gasteiger partial charge < -0.3 is 15.4 Å². The fraction of sp³-hybridized carbons (Fsp3) is 0.238. The van der Waals surface area contributed by atoms with Crippen LogP contribution in [0.3, 0.4) is 0 Å². The van der Waals surface area contributed by atoms with E-state index in [2.05, 4.69) is 10.6 Å². The van der Waals surface area contributed by atoms with Crippen LogP contribution in [0.2, 0.25) is 5.02 Å². The Morgan fingerprint density at radius 1 is 1.26 bits per heavy atom. The maximum atomic E-state index is 12.2. The molecule has 0 saturated heterocycles. The summed E-state index contributed by atoms with van der Waals surface area (Å²) in [4.78, 5) is 12.2. The molecule has 0 atom stereocenters. The van der Waals surface area contributed by atoms with Gasteiger partial charge in [-0.3, -0.25) is 4.79 Å². The highest BCUT2D eigenvalue weighted by molar-refractivity contribution is 6.33. The van der Waals surface area contributed by atoms with Crippen molar-refractivity contribution < 1.29 is 9.53 Å². The molecule has 6 heteroatoms. The minimum atomic E-state index is -0.431. The van der Waals surface area contributed by atoms with Crippen LogP contribution in [0.4, 0.5) is 5.69 Å². The molecular weight excluding hydrogens is 362 g/mol. The van der Waals surface area contributed by atoms with Gasteiger partial charge in [-0.2, -0.15) is 5.26 Å². The first kappa shape index (κ1) is 20.3. The summed E-state index contributed by atoms with van der Waals surface area (Å²) in [6, 6.07) is 13.3. The van der Waals surface area contributed by atoms with Gasteiger partial charge in [0.1, 0.15) is 17.4 Å². The Morgan fingerprint density at radius 2 is 1.96 bits per heavy atom. The summed E-state index contributed by atoms with van der Waals surface area (Å²) in [5.41, 5.74) is 3.72. The van der Waals surface area contributed by atoms with Crippen LogP contribution in [0, 0.1) is 25.2 Å². The molecule has 0 unspecified atom stereocenters. The summed E-state index contributed by atoms with van der Waals surface area (Å²) < 4.78 is 5.11. The van der Waals surface area contributed by atoms with E-state index in [1.54, 1.807) is 7.11 Å². The number of ether oxygens (including phenoxy) is 1. The lowest BCUT2D eigenvalue weighted by Gasteiger charge is -2.10. The third-order valence-electron chi connectivity index (χ3n) is 4.02. The first-order valence-corrected chi connectivity index (χ1v) is 8.87. The molecule has 0 radical (unpaired) electrons. The summed E-state index contributed by atoms with van der Waals surface area (Å²) >= 11 is 6.23. The molecule has 2 rings (SSSR count). The Kier molecular flexibility index (Phi) is 7.27. The van der Waals surface area contributed by atoms with E-state index in [-0.39, 0.29) is 5.57 Å². The molecule has 2 N–H and O–H groups in total. The van der Waals surface area contributed by atoms with Gasteiger partial charge in [0.2, 0.25) is 0 Å². The number of rotatable bonds is 7. The number of hydrogen-bond acceptors (Lipinski definition) is 4. The van der Waals surface area contributed by atoms with E-state index < -0.39 is 5.91 Å². The van der Waals surface area contributed by atoms with Crippen molar-refractivity contribution >= 4 is 23.2 Å². The van der Waals surface area contributed by atoms with E-state index in [1.165, 1.54) is 6.20 Å². The second-order valence-electron chi connectivity index (χ2n) is 6.11. The Morgan fingerprint density at radius 3 is 2.56 bits per heavy atom. The molecule has 0 bridgehead atoms. The number of halogens is 1. The molecule has 0 aliphatic carbocycles. The molecule has 0 fully saturated rings. The van der Waals surface area contributed by atoms with Crippen molar-refractivity contribution in [1.29, 1.82) is 5.26 Å². The van der Waals surface area contributed by atoms with Crippen LogP contribution in [0.25, 0.3) is 0 Å². The molecule has 27 heavy (non-hydrogen) atoms. The van der Waals surface area contributed by atoms with E-state index in [9.17, 15) is 10.1 Å². The monoisotopic (exact) mass is 383 g/mol. The summed E-state index contributed by atoms with van der Waals surface area (Å²) in [6.07, 6.45) is 2.04. The third-order valence-corrected chi connectivity index (χ3v) is 4.31. The number of carbonyl (C=O) groups excluding carboxylic acids is 1. The minimum absolute atomic E-state index is 0.0132. The minimum Gasteiger partial charge on any atom is -0.497 e. The normalized spacial score (nSPS) is 10.9. The molecule has 2 aromatic rings. The highest BCUT2D eigenvalue weighted by atomic mass is 35.5. The second kappa shape index (κ2) is 9.65. The number of carbonyl (C=O) groups is 1. The number of methoxy groups -OCH3 is 1. The Bertz CT molecular complexity index is 860. The van der Waals surface area contributed by atoms with Crippen LogP contribution < -0.4 is 15.4 Å². The molecule has 0 saturated carbocycles. The number of nitriles is 1. The summed E-state index contributed by atoms with van der Waals surface area (Å²) in [5.74, 6) is 0.355. The molecule has 2 aromatic carbocycles. The maximum absolute atomic E-state index is 12.2. The van der Waals surface area contributed by atoms with Gasteiger partial charge in [0, 0.05) is 12.7 Å². The van der Waals surface area contributed by atoms with Gasteiger partial charge in [-0.05, 0) is 55.2 Å². The van der Waals surface area contributed by atoms with Crippen molar-refractivity contribution in [3.8, 4) is 11.8 Å². The molecule has 0 aromatic heterocycles. The Balaban J connectivity index is 1.95. The number of amides is 1. The average Bonchev–Trinajstić information content (AvgIpc) is 2.64. The van der Waals surface area contributed by atoms with Crippen LogP contribution in [0.1, 0.15) is 16.7 Å². The van der Waals surface area contributed by atoms with Crippen molar-refractivity contribution in [2.75, 3.05) is 19.0 Å². The lowest BCUT2D eigenvalue weighted by Crippen LogP contribution is -2.27. The molecule has 5 nitrogen and oxygen atoms in total. The number of nitrogens with one attached hydrogen (secondary N) is 2. The van der Waals surface area contributed by atoms with Crippen molar-refractivity contribution in [2.24, 2.45) is 0 Å². The van der Waals surface area contributed by atoms with Crippen molar-refractivity contribution in [2.45, 2.75) is 20.3 Å². The molecule has 0 spiro atoms. The highest BCUT2D eigenvalue weighted by Crippen LogP contribution is 2.27. The van der Waals surface area contributed by atoms with E-state index in [0.29, 0.717) is 23.7 Å². The van der Waals surface area contributed by atoms with Crippen LogP contribution in [0.5, 0.6) is 5.75 Å². The molecule has 140 valence electrons. The first-order chi connectivity index (χ1) is 12.9. The fourth-order valence-corrected chi connectivity index (χ4v) is 2.97. The predicted molar refractivity (Wildman–Crippen MR) is 108 cm³/mol. The Hall–Kier alpha value is -2.97. The van der Waals surface area contributed by atoms with Crippen LogP contribution in [-0.4, -0.2) is 19.6 Å². The van der Waals surface area contributed by atoms with Gasteiger partial charge in [-0.15, -0.1) is 0 Å². The summed E-state index contributed by atoms with van der Waals surface area (Å²) in [7, 11) is 1.62. The highest BCUT2D eigenvalue weighted by Gasteiger charge is 2.10. The molecular formula is C21H22ClN3O2. The standard InChI is InChI=1S/C21H22ClN3O2/c1-14-10-15(2)20(19(22)11-14)25-13-17(12-23)21(26)24-9-8-16-4-6-18(27-3)7-5-16/h4-7,10-11,13,25H,8-9H2,1-3H3,(H,24,26)/b17-13-. The number of hydrogen-bond donors (Lipinski definition) is 2. The smallest absolute Gasteiger partial charge is 0.263 e. The molecule has 1 amide bonds. The fourth-order valence-electron chi connectivity index (χ4n) is 2.60. The van der Waals surface area contributed by atoms with Crippen molar-refractivity contribution in [3.63, 3.8) is 0 Å². The first-order valence-electron chi connectivity index (χ1n) is 8.49. The lowest BCUT2D eigenvalue weighted by molar-refractivity contribution is -0.117.